The van der Waals surface area contributed by atoms with Crippen molar-refractivity contribution in [2.75, 3.05) is 12.3 Å². The third kappa shape index (κ3) is 2.95. The Hall–Kier alpha value is -1.80. The number of carbonyl (C=O) groups is 2. The van der Waals surface area contributed by atoms with E-state index in [4.69, 9.17) is 10.5 Å². The normalized spacial score (nSPS) is 15.0. The number of fused-ring (bicyclic) bond motifs is 1. The van der Waals surface area contributed by atoms with Gasteiger partial charge in [-0.1, -0.05) is 12.8 Å². The Balaban J connectivity index is 2.12. The van der Waals surface area contributed by atoms with Crippen LogP contribution in [-0.2, 0) is 0 Å². The summed E-state index contributed by atoms with van der Waals surface area (Å²) in [4.78, 5) is 22.8. The van der Waals surface area contributed by atoms with Crippen LogP contribution in [0.1, 0.15) is 45.7 Å². The van der Waals surface area contributed by atoms with Gasteiger partial charge in [0.15, 0.2) is 0 Å². The summed E-state index contributed by atoms with van der Waals surface area (Å²) >= 11 is 4.11. The Labute approximate surface area is 150 Å². The van der Waals surface area contributed by atoms with Crippen LogP contribution < -0.4 is 10.5 Å². The van der Waals surface area contributed by atoms with Crippen molar-refractivity contribution in [1.82, 2.24) is 0 Å². The van der Waals surface area contributed by atoms with Crippen LogP contribution in [-0.4, -0.2) is 28.8 Å². The maximum Gasteiger partial charge on any atom is 0.348 e. The fourth-order valence-electron chi connectivity index (χ4n) is 3.09. The van der Waals surface area contributed by atoms with E-state index >= 15 is 0 Å². The molecule has 0 aliphatic heterocycles. The van der Waals surface area contributed by atoms with Crippen LogP contribution in [0.5, 0.6) is 5.75 Å². The molecule has 0 atom stereocenters. The highest BCUT2D eigenvalue weighted by atomic mass is 79.9. The minimum Gasteiger partial charge on any atom is -0.493 e. The minimum atomic E-state index is -1.18. The molecule has 128 valence electrons. The fourth-order valence-corrected chi connectivity index (χ4v) is 4.91. The molecule has 6 nitrogen and oxygen atoms in total. The lowest BCUT2D eigenvalue weighted by molar-refractivity contribution is 0.0689. The second kappa shape index (κ2) is 6.60. The van der Waals surface area contributed by atoms with E-state index in [0.717, 1.165) is 24.2 Å². The summed E-state index contributed by atoms with van der Waals surface area (Å²) in [7, 11) is 0. The highest BCUT2D eigenvalue weighted by Crippen LogP contribution is 2.44. The third-order valence-electron chi connectivity index (χ3n) is 4.27. The minimum absolute atomic E-state index is 0.00224. The highest BCUT2D eigenvalue weighted by molar-refractivity contribution is 9.10. The number of halogens is 1. The molecule has 8 heteroatoms. The van der Waals surface area contributed by atoms with E-state index in [1.54, 1.807) is 6.07 Å². The Bertz CT molecular complexity index is 826. The molecule has 24 heavy (non-hydrogen) atoms. The molecule has 1 aromatic carbocycles. The lowest BCUT2D eigenvalue weighted by Crippen LogP contribution is -2.09. The summed E-state index contributed by atoms with van der Waals surface area (Å²) in [6.07, 6.45) is 4.59. The van der Waals surface area contributed by atoms with Gasteiger partial charge in [0.05, 0.1) is 27.9 Å². The van der Waals surface area contributed by atoms with Crippen molar-refractivity contribution in [3.05, 3.63) is 21.0 Å². The number of nitrogens with two attached hydrogens (primary N) is 1. The first-order valence-corrected chi connectivity index (χ1v) is 9.15. The molecule has 1 saturated carbocycles. The van der Waals surface area contributed by atoms with Gasteiger partial charge < -0.3 is 20.7 Å². The SMILES string of the molecule is Nc1c(C(=O)O)sc2c(C(=O)O)c(Br)cc(OCC3CCCC3)c12. The number of benzene rings is 1. The topological polar surface area (TPSA) is 110 Å². The van der Waals surface area contributed by atoms with E-state index in [-0.39, 0.29) is 16.1 Å². The zero-order chi connectivity index (χ0) is 17.4. The summed E-state index contributed by atoms with van der Waals surface area (Å²) < 4.78 is 6.57. The van der Waals surface area contributed by atoms with Crippen molar-refractivity contribution in [2.45, 2.75) is 25.7 Å². The van der Waals surface area contributed by atoms with Crippen molar-refractivity contribution >= 4 is 55.0 Å². The quantitative estimate of drug-likeness (QED) is 0.676. The van der Waals surface area contributed by atoms with Gasteiger partial charge in [0.2, 0.25) is 0 Å². The maximum absolute atomic E-state index is 11.6. The Morgan fingerprint density at radius 1 is 1.29 bits per heavy atom. The smallest absolute Gasteiger partial charge is 0.348 e. The van der Waals surface area contributed by atoms with Crippen molar-refractivity contribution < 1.29 is 24.5 Å². The van der Waals surface area contributed by atoms with E-state index in [1.165, 1.54) is 12.8 Å². The van der Waals surface area contributed by atoms with Gasteiger partial charge in [0, 0.05) is 4.47 Å². The van der Waals surface area contributed by atoms with E-state index in [2.05, 4.69) is 15.9 Å². The van der Waals surface area contributed by atoms with E-state index < -0.39 is 11.9 Å². The fraction of sp³-hybridized carbons (Fsp3) is 0.375. The van der Waals surface area contributed by atoms with E-state index in [0.29, 0.717) is 32.8 Å². The second-order valence-electron chi connectivity index (χ2n) is 5.85. The number of rotatable bonds is 5. The lowest BCUT2D eigenvalue weighted by atomic mass is 10.1. The molecule has 3 rings (SSSR count). The third-order valence-corrected chi connectivity index (χ3v) is 6.11. The number of nitrogen functional groups attached to an aromatic ring is 1. The first kappa shape index (κ1) is 17.0. The highest BCUT2D eigenvalue weighted by Gasteiger charge is 2.26. The number of thiophene rings is 1. The molecule has 4 N–H and O–H groups in total. The molecule has 1 aliphatic rings. The number of hydrogen-bond donors (Lipinski definition) is 3. The molecule has 2 aromatic rings. The average Bonchev–Trinajstić information content (AvgIpc) is 3.12. The van der Waals surface area contributed by atoms with Crippen molar-refractivity contribution in [3.8, 4) is 5.75 Å². The zero-order valence-electron chi connectivity index (χ0n) is 12.7. The predicted molar refractivity (Wildman–Crippen MR) is 95.3 cm³/mol. The van der Waals surface area contributed by atoms with Crippen LogP contribution in [0.15, 0.2) is 10.5 Å². The summed E-state index contributed by atoms with van der Waals surface area (Å²) in [5.41, 5.74) is 6.04. The van der Waals surface area contributed by atoms with Crippen LogP contribution in [0.25, 0.3) is 10.1 Å². The van der Waals surface area contributed by atoms with Gasteiger partial charge in [0.25, 0.3) is 0 Å². The van der Waals surface area contributed by atoms with Crippen molar-refractivity contribution in [2.24, 2.45) is 5.92 Å². The van der Waals surface area contributed by atoms with Crippen LogP contribution in [0.2, 0.25) is 0 Å². The van der Waals surface area contributed by atoms with Crippen LogP contribution in [0, 0.1) is 5.92 Å². The number of carboxylic acid groups (broad SMARTS) is 2. The number of aromatic carboxylic acids is 2. The molecule has 0 spiro atoms. The number of anilines is 1. The van der Waals surface area contributed by atoms with Crippen LogP contribution >= 0.6 is 27.3 Å². The van der Waals surface area contributed by atoms with E-state index in [1.807, 2.05) is 0 Å². The average molecular weight is 414 g/mol. The monoisotopic (exact) mass is 413 g/mol. The molecule has 0 radical (unpaired) electrons. The number of ether oxygens (including phenoxy) is 1. The van der Waals surface area contributed by atoms with Crippen LogP contribution in [0.4, 0.5) is 5.69 Å². The molecule has 1 aromatic heterocycles. The standard InChI is InChI=1S/C16H16BrNO5S/c17-8-5-9(23-6-7-3-1-2-4-7)11-12(18)14(16(21)22)24-13(11)10(8)15(19)20/h5,7H,1-4,6,18H2,(H,19,20)(H,21,22). The van der Waals surface area contributed by atoms with Gasteiger partial charge >= 0.3 is 11.9 Å². The summed E-state index contributed by atoms with van der Waals surface area (Å²) in [6.45, 7) is 0.519. The summed E-state index contributed by atoms with van der Waals surface area (Å²) in [5.74, 6) is -1.43. The van der Waals surface area contributed by atoms with Gasteiger partial charge in [-0.15, -0.1) is 11.3 Å². The van der Waals surface area contributed by atoms with Crippen LogP contribution in [0.3, 0.4) is 0 Å². The molecule has 1 aliphatic carbocycles. The Morgan fingerprint density at radius 2 is 1.96 bits per heavy atom. The van der Waals surface area contributed by atoms with Gasteiger partial charge in [-0.05, 0) is 40.8 Å². The Morgan fingerprint density at radius 3 is 2.54 bits per heavy atom. The molecule has 1 heterocycles. The van der Waals surface area contributed by atoms with Gasteiger partial charge in [-0.3, -0.25) is 0 Å². The largest absolute Gasteiger partial charge is 0.493 e. The first-order chi connectivity index (χ1) is 11.4. The predicted octanol–water partition coefficient (Wildman–Crippen LogP) is 4.21. The van der Waals surface area contributed by atoms with E-state index in [9.17, 15) is 19.8 Å². The molecule has 0 saturated heterocycles. The second-order valence-corrected chi connectivity index (χ2v) is 7.73. The molecular weight excluding hydrogens is 398 g/mol. The number of hydrogen-bond acceptors (Lipinski definition) is 5. The zero-order valence-corrected chi connectivity index (χ0v) is 15.1. The van der Waals surface area contributed by atoms with Crippen molar-refractivity contribution in [1.29, 1.82) is 0 Å². The Kier molecular flexibility index (Phi) is 4.69. The summed E-state index contributed by atoms with van der Waals surface area (Å²) in [6, 6.07) is 1.56. The number of carboxylic acids is 2. The maximum atomic E-state index is 11.6. The first-order valence-electron chi connectivity index (χ1n) is 7.54. The van der Waals surface area contributed by atoms with Gasteiger partial charge in [-0.2, -0.15) is 0 Å². The summed E-state index contributed by atoms with van der Waals surface area (Å²) in [5, 5.41) is 19.1. The molecule has 0 bridgehead atoms. The molecule has 0 amide bonds. The molecule has 1 fully saturated rings. The lowest BCUT2D eigenvalue weighted by Gasteiger charge is -2.14. The molecule has 0 unspecified atom stereocenters. The van der Waals surface area contributed by atoms with Gasteiger partial charge in [0.1, 0.15) is 10.6 Å². The van der Waals surface area contributed by atoms with Crippen molar-refractivity contribution in [3.63, 3.8) is 0 Å². The van der Waals surface area contributed by atoms with Gasteiger partial charge in [-0.25, -0.2) is 9.59 Å². The molecular formula is C16H16BrNO5S.